The van der Waals surface area contributed by atoms with Gasteiger partial charge in [-0.05, 0) is 24.3 Å². The van der Waals surface area contributed by atoms with Gasteiger partial charge in [-0.15, -0.1) is 0 Å². The molecular formula is C12H10O4. The molecule has 82 valence electrons. The van der Waals surface area contributed by atoms with Crippen LogP contribution in [0.2, 0.25) is 0 Å². The molecule has 0 radical (unpaired) electrons. The summed E-state index contributed by atoms with van der Waals surface area (Å²) in [5.41, 5.74) is 0. The van der Waals surface area contributed by atoms with E-state index in [2.05, 4.69) is 11.8 Å². The third kappa shape index (κ3) is 2.34. The minimum absolute atomic E-state index is 0.346. The molecule has 0 unspecified atom stereocenters. The van der Waals surface area contributed by atoms with Crippen LogP contribution >= 0.6 is 0 Å². The first-order valence-corrected chi connectivity index (χ1v) is 4.71. The Hall–Kier alpha value is -1.96. The molecule has 2 aromatic rings. The summed E-state index contributed by atoms with van der Waals surface area (Å²) in [6, 6.07) is 6.53. The van der Waals surface area contributed by atoms with E-state index in [9.17, 15) is 10.2 Å². The highest BCUT2D eigenvalue weighted by molar-refractivity contribution is 5.21. The molecule has 4 heteroatoms. The van der Waals surface area contributed by atoms with Crippen molar-refractivity contribution >= 4 is 0 Å². The third-order valence-electron chi connectivity index (χ3n) is 1.98. The molecule has 16 heavy (non-hydrogen) atoms. The molecule has 0 aliphatic carbocycles. The zero-order chi connectivity index (χ0) is 11.4. The van der Waals surface area contributed by atoms with Crippen molar-refractivity contribution in [3.05, 3.63) is 48.3 Å². The fraction of sp³-hybridized carbons (Fsp3) is 0.167. The van der Waals surface area contributed by atoms with E-state index in [1.165, 1.54) is 12.5 Å². The van der Waals surface area contributed by atoms with E-state index in [1.807, 2.05) is 0 Å². The summed E-state index contributed by atoms with van der Waals surface area (Å²) in [5.74, 6) is 5.64. The lowest BCUT2D eigenvalue weighted by Crippen LogP contribution is -1.94. The predicted molar refractivity (Wildman–Crippen MR) is 55.1 cm³/mol. The standard InChI is InChI=1S/C12H10O4/c13-9(11-3-1-7-15-11)5-6-10(14)12-4-2-8-16-12/h1-4,7-10,13-14H/t9-,10-/m1/s1. The molecular weight excluding hydrogens is 208 g/mol. The van der Waals surface area contributed by atoms with E-state index in [-0.39, 0.29) is 0 Å². The lowest BCUT2D eigenvalue weighted by molar-refractivity contribution is 0.196. The number of hydrogen-bond donors (Lipinski definition) is 2. The van der Waals surface area contributed by atoms with E-state index in [0.717, 1.165) is 0 Å². The summed E-state index contributed by atoms with van der Waals surface area (Å²) in [4.78, 5) is 0. The van der Waals surface area contributed by atoms with Crippen LogP contribution in [0, 0.1) is 11.8 Å². The first-order valence-electron chi connectivity index (χ1n) is 4.71. The van der Waals surface area contributed by atoms with Gasteiger partial charge in [0.05, 0.1) is 12.5 Å². The fourth-order valence-corrected chi connectivity index (χ4v) is 1.19. The van der Waals surface area contributed by atoms with Gasteiger partial charge in [-0.2, -0.15) is 0 Å². The van der Waals surface area contributed by atoms with Crippen molar-refractivity contribution in [3.63, 3.8) is 0 Å². The first kappa shape index (κ1) is 10.6. The maximum Gasteiger partial charge on any atom is 0.172 e. The number of furan rings is 2. The number of aliphatic hydroxyl groups is 2. The Morgan fingerprint density at radius 1 is 0.875 bits per heavy atom. The molecule has 0 saturated heterocycles. The van der Waals surface area contributed by atoms with Crippen LogP contribution in [0.5, 0.6) is 0 Å². The Morgan fingerprint density at radius 3 is 1.62 bits per heavy atom. The average Bonchev–Trinajstić information content (AvgIpc) is 2.95. The SMILES string of the molecule is O[C@H](C#C[C@@H](O)c1ccco1)c1ccco1. The fourth-order valence-electron chi connectivity index (χ4n) is 1.19. The lowest BCUT2D eigenvalue weighted by atomic mass is 10.2. The molecule has 0 fully saturated rings. The second-order valence-corrected chi connectivity index (χ2v) is 3.12. The van der Waals surface area contributed by atoms with E-state index >= 15 is 0 Å². The smallest absolute Gasteiger partial charge is 0.172 e. The number of aliphatic hydroxyl groups excluding tert-OH is 2. The van der Waals surface area contributed by atoms with Crippen LogP contribution < -0.4 is 0 Å². The van der Waals surface area contributed by atoms with Gasteiger partial charge in [0, 0.05) is 0 Å². The van der Waals surface area contributed by atoms with Crippen LogP contribution in [-0.4, -0.2) is 10.2 Å². The predicted octanol–water partition coefficient (Wildman–Crippen LogP) is 1.64. The second kappa shape index (κ2) is 4.71. The van der Waals surface area contributed by atoms with E-state index in [1.54, 1.807) is 24.3 Å². The molecule has 2 aromatic heterocycles. The Bertz CT molecular complexity index is 429. The first-order chi connectivity index (χ1) is 7.77. The lowest BCUT2D eigenvalue weighted by Gasteiger charge is -1.99. The van der Waals surface area contributed by atoms with E-state index < -0.39 is 12.2 Å². The van der Waals surface area contributed by atoms with Crippen LogP contribution in [-0.2, 0) is 0 Å². The Morgan fingerprint density at radius 2 is 1.31 bits per heavy atom. The average molecular weight is 218 g/mol. The Balaban J connectivity index is 2.05. The monoisotopic (exact) mass is 218 g/mol. The van der Waals surface area contributed by atoms with Crippen LogP contribution in [0.3, 0.4) is 0 Å². The maximum atomic E-state index is 9.55. The molecule has 0 bridgehead atoms. The summed E-state index contributed by atoms with van der Waals surface area (Å²) < 4.78 is 9.92. The van der Waals surface area contributed by atoms with Gasteiger partial charge < -0.3 is 19.0 Å². The van der Waals surface area contributed by atoms with E-state index in [0.29, 0.717) is 11.5 Å². The molecule has 0 aliphatic heterocycles. The summed E-state index contributed by atoms with van der Waals surface area (Å²) >= 11 is 0. The van der Waals surface area contributed by atoms with Crippen LogP contribution in [0.25, 0.3) is 0 Å². The molecule has 0 amide bonds. The van der Waals surface area contributed by atoms with Gasteiger partial charge in [0.2, 0.25) is 0 Å². The molecule has 0 saturated carbocycles. The van der Waals surface area contributed by atoms with Crippen molar-refractivity contribution < 1.29 is 19.0 Å². The minimum Gasteiger partial charge on any atom is -0.466 e. The van der Waals surface area contributed by atoms with Gasteiger partial charge >= 0.3 is 0 Å². The van der Waals surface area contributed by atoms with Crippen molar-refractivity contribution in [1.82, 2.24) is 0 Å². The van der Waals surface area contributed by atoms with Crippen LogP contribution in [0.4, 0.5) is 0 Å². The molecule has 0 aromatic carbocycles. The number of hydrogen-bond acceptors (Lipinski definition) is 4. The largest absolute Gasteiger partial charge is 0.466 e. The van der Waals surface area contributed by atoms with Crippen molar-refractivity contribution in [3.8, 4) is 11.8 Å². The van der Waals surface area contributed by atoms with Gasteiger partial charge in [-0.25, -0.2) is 0 Å². The molecule has 2 N–H and O–H groups in total. The Labute approximate surface area is 92.1 Å². The van der Waals surface area contributed by atoms with Crippen molar-refractivity contribution in [2.75, 3.05) is 0 Å². The molecule has 2 atom stereocenters. The molecule has 0 spiro atoms. The third-order valence-corrected chi connectivity index (χ3v) is 1.98. The van der Waals surface area contributed by atoms with Gasteiger partial charge in [0.15, 0.2) is 12.2 Å². The highest BCUT2D eigenvalue weighted by Crippen LogP contribution is 2.14. The highest BCUT2D eigenvalue weighted by Gasteiger charge is 2.09. The Kier molecular flexibility index (Phi) is 3.10. The van der Waals surface area contributed by atoms with Gasteiger partial charge in [0.25, 0.3) is 0 Å². The molecule has 2 heterocycles. The molecule has 0 aliphatic rings. The minimum atomic E-state index is -1.04. The van der Waals surface area contributed by atoms with Crippen molar-refractivity contribution in [1.29, 1.82) is 0 Å². The summed E-state index contributed by atoms with van der Waals surface area (Å²) in [6.45, 7) is 0. The maximum absolute atomic E-state index is 9.55. The summed E-state index contributed by atoms with van der Waals surface area (Å²) in [5, 5.41) is 19.1. The van der Waals surface area contributed by atoms with Gasteiger partial charge in [-0.3, -0.25) is 0 Å². The summed E-state index contributed by atoms with van der Waals surface area (Å²) in [6.07, 6.45) is 0.811. The zero-order valence-corrected chi connectivity index (χ0v) is 8.33. The van der Waals surface area contributed by atoms with E-state index in [4.69, 9.17) is 8.83 Å². The topological polar surface area (TPSA) is 66.7 Å². The van der Waals surface area contributed by atoms with Crippen molar-refractivity contribution in [2.45, 2.75) is 12.2 Å². The van der Waals surface area contributed by atoms with Crippen molar-refractivity contribution in [2.24, 2.45) is 0 Å². The highest BCUT2D eigenvalue weighted by atomic mass is 16.4. The van der Waals surface area contributed by atoms with Gasteiger partial charge in [0.1, 0.15) is 11.5 Å². The zero-order valence-electron chi connectivity index (χ0n) is 8.33. The molecule has 4 nitrogen and oxygen atoms in total. The number of rotatable bonds is 2. The summed E-state index contributed by atoms with van der Waals surface area (Å²) in [7, 11) is 0. The quantitative estimate of drug-likeness (QED) is 0.752. The normalized spacial score (nSPS) is 13.9. The van der Waals surface area contributed by atoms with Gasteiger partial charge in [-0.1, -0.05) is 11.8 Å². The second-order valence-electron chi connectivity index (χ2n) is 3.12. The van der Waals surface area contributed by atoms with Crippen LogP contribution in [0.15, 0.2) is 45.6 Å². The molecule has 2 rings (SSSR count). The van der Waals surface area contributed by atoms with Crippen LogP contribution in [0.1, 0.15) is 23.7 Å².